The zero-order valence-corrected chi connectivity index (χ0v) is 11.7. The number of benzene rings is 1. The highest BCUT2D eigenvalue weighted by Crippen LogP contribution is 2.19. The SMILES string of the molecule is COC(=O)/C=C/c1ccccc1S(=O)c1ccccn1. The monoisotopic (exact) mass is 287 g/mol. The first-order chi connectivity index (χ1) is 9.72. The molecule has 0 N–H and O–H groups in total. The lowest BCUT2D eigenvalue weighted by atomic mass is 10.2. The molecule has 0 aliphatic carbocycles. The molecule has 0 saturated carbocycles. The summed E-state index contributed by atoms with van der Waals surface area (Å²) in [5.74, 6) is -0.455. The van der Waals surface area contributed by atoms with Crippen molar-refractivity contribution in [3.8, 4) is 0 Å². The van der Waals surface area contributed by atoms with Crippen molar-refractivity contribution in [1.82, 2.24) is 4.98 Å². The van der Waals surface area contributed by atoms with Crippen LogP contribution in [0.2, 0.25) is 0 Å². The molecule has 4 nitrogen and oxygen atoms in total. The van der Waals surface area contributed by atoms with E-state index in [0.717, 1.165) is 0 Å². The number of carbonyl (C=O) groups is 1. The second kappa shape index (κ2) is 6.77. The van der Waals surface area contributed by atoms with Crippen LogP contribution in [0.5, 0.6) is 0 Å². The standard InChI is InChI=1S/C15H13NO3S/c1-19-15(17)10-9-12-6-2-3-7-13(12)20(18)14-8-4-5-11-16-14/h2-11H,1H3/b10-9+. The highest BCUT2D eigenvalue weighted by Gasteiger charge is 2.11. The fourth-order valence-electron chi connectivity index (χ4n) is 1.58. The van der Waals surface area contributed by atoms with Gasteiger partial charge in [-0.3, -0.25) is 0 Å². The van der Waals surface area contributed by atoms with E-state index in [1.54, 1.807) is 48.7 Å². The number of aromatic nitrogens is 1. The van der Waals surface area contributed by atoms with Crippen LogP contribution in [0.1, 0.15) is 5.56 Å². The van der Waals surface area contributed by atoms with Crippen LogP contribution in [0.3, 0.4) is 0 Å². The van der Waals surface area contributed by atoms with Gasteiger partial charge < -0.3 is 4.74 Å². The first-order valence-electron chi connectivity index (χ1n) is 5.90. The lowest BCUT2D eigenvalue weighted by Gasteiger charge is -2.05. The van der Waals surface area contributed by atoms with Crippen molar-refractivity contribution in [3.05, 3.63) is 60.3 Å². The molecule has 2 rings (SSSR count). The summed E-state index contributed by atoms with van der Waals surface area (Å²) in [6, 6.07) is 12.4. The number of ether oxygens (including phenoxy) is 1. The number of esters is 1. The van der Waals surface area contributed by atoms with E-state index >= 15 is 0 Å². The van der Waals surface area contributed by atoms with Crippen LogP contribution in [-0.4, -0.2) is 22.3 Å². The molecule has 1 aromatic heterocycles. The minimum atomic E-state index is -1.39. The Kier molecular flexibility index (Phi) is 4.79. The van der Waals surface area contributed by atoms with E-state index in [2.05, 4.69) is 9.72 Å². The predicted octanol–water partition coefficient (Wildman–Crippen LogP) is 2.43. The molecule has 20 heavy (non-hydrogen) atoms. The Morgan fingerprint density at radius 2 is 1.95 bits per heavy atom. The van der Waals surface area contributed by atoms with Crippen LogP contribution in [-0.2, 0) is 20.3 Å². The quantitative estimate of drug-likeness (QED) is 0.640. The van der Waals surface area contributed by atoms with E-state index < -0.39 is 16.8 Å². The van der Waals surface area contributed by atoms with Gasteiger partial charge in [0.2, 0.25) is 0 Å². The van der Waals surface area contributed by atoms with E-state index in [0.29, 0.717) is 15.5 Å². The van der Waals surface area contributed by atoms with E-state index in [-0.39, 0.29) is 0 Å². The Labute approximate surface area is 119 Å². The topological polar surface area (TPSA) is 56.3 Å². The molecule has 0 fully saturated rings. The van der Waals surface area contributed by atoms with Crippen molar-refractivity contribution in [2.24, 2.45) is 0 Å². The average molecular weight is 287 g/mol. The van der Waals surface area contributed by atoms with Crippen LogP contribution < -0.4 is 0 Å². The maximum atomic E-state index is 12.5. The minimum Gasteiger partial charge on any atom is -0.466 e. The fourth-order valence-corrected chi connectivity index (χ4v) is 2.72. The zero-order chi connectivity index (χ0) is 14.4. The smallest absolute Gasteiger partial charge is 0.330 e. The van der Waals surface area contributed by atoms with E-state index in [4.69, 9.17) is 0 Å². The molecule has 2 aromatic rings. The van der Waals surface area contributed by atoms with Gasteiger partial charge in [-0.05, 0) is 29.8 Å². The Morgan fingerprint density at radius 1 is 1.20 bits per heavy atom. The maximum absolute atomic E-state index is 12.5. The maximum Gasteiger partial charge on any atom is 0.330 e. The van der Waals surface area contributed by atoms with Gasteiger partial charge in [-0.2, -0.15) is 0 Å². The second-order valence-electron chi connectivity index (χ2n) is 3.83. The Hall–Kier alpha value is -2.27. The van der Waals surface area contributed by atoms with Crippen molar-refractivity contribution in [1.29, 1.82) is 0 Å². The number of hydrogen-bond donors (Lipinski definition) is 0. The zero-order valence-electron chi connectivity index (χ0n) is 10.9. The van der Waals surface area contributed by atoms with Crippen molar-refractivity contribution in [2.75, 3.05) is 7.11 Å². The summed E-state index contributed by atoms with van der Waals surface area (Å²) < 4.78 is 17.0. The van der Waals surface area contributed by atoms with Gasteiger partial charge in [0.25, 0.3) is 0 Å². The largest absolute Gasteiger partial charge is 0.466 e. The predicted molar refractivity (Wildman–Crippen MR) is 76.4 cm³/mol. The second-order valence-corrected chi connectivity index (χ2v) is 5.23. The molecule has 1 atom stereocenters. The number of methoxy groups -OCH3 is 1. The molecule has 0 aliphatic rings. The summed E-state index contributed by atoms with van der Waals surface area (Å²) >= 11 is 0. The van der Waals surface area contributed by atoms with Crippen molar-refractivity contribution in [3.63, 3.8) is 0 Å². The third kappa shape index (κ3) is 3.39. The van der Waals surface area contributed by atoms with E-state index in [1.165, 1.54) is 13.2 Å². The summed E-state index contributed by atoms with van der Waals surface area (Å²) in [5.41, 5.74) is 0.696. The Balaban J connectivity index is 2.35. The van der Waals surface area contributed by atoms with Crippen LogP contribution in [0.15, 0.2) is 64.7 Å². The third-order valence-corrected chi connectivity index (χ3v) is 3.94. The first-order valence-corrected chi connectivity index (χ1v) is 7.05. The summed E-state index contributed by atoms with van der Waals surface area (Å²) in [6.07, 6.45) is 4.48. The van der Waals surface area contributed by atoms with Gasteiger partial charge >= 0.3 is 5.97 Å². The van der Waals surface area contributed by atoms with Crippen LogP contribution >= 0.6 is 0 Å². The van der Waals surface area contributed by atoms with Gasteiger partial charge in [-0.1, -0.05) is 24.3 Å². The number of pyridine rings is 1. The molecule has 0 saturated heterocycles. The molecule has 1 unspecified atom stereocenters. The molecule has 1 aromatic carbocycles. The molecule has 0 spiro atoms. The highest BCUT2D eigenvalue weighted by atomic mass is 32.2. The number of carbonyl (C=O) groups excluding carboxylic acids is 1. The molecule has 0 aliphatic heterocycles. The highest BCUT2D eigenvalue weighted by molar-refractivity contribution is 7.85. The summed E-state index contributed by atoms with van der Waals surface area (Å²) in [5, 5.41) is 0.478. The molecular formula is C15H13NO3S. The molecular weight excluding hydrogens is 274 g/mol. The molecule has 0 amide bonds. The van der Waals surface area contributed by atoms with Crippen molar-refractivity contribution >= 4 is 22.8 Å². The van der Waals surface area contributed by atoms with Gasteiger partial charge in [0.1, 0.15) is 15.8 Å². The van der Waals surface area contributed by atoms with Gasteiger partial charge in [0, 0.05) is 12.3 Å². The van der Waals surface area contributed by atoms with Gasteiger partial charge in [0.05, 0.1) is 12.0 Å². The van der Waals surface area contributed by atoms with Gasteiger partial charge in [0.15, 0.2) is 0 Å². The van der Waals surface area contributed by atoms with Crippen LogP contribution in [0.4, 0.5) is 0 Å². The number of nitrogens with zero attached hydrogens (tertiary/aromatic N) is 1. The van der Waals surface area contributed by atoms with Crippen LogP contribution in [0, 0.1) is 0 Å². The van der Waals surface area contributed by atoms with E-state index in [1.807, 2.05) is 6.07 Å². The Morgan fingerprint density at radius 3 is 2.65 bits per heavy atom. The molecule has 0 radical (unpaired) electrons. The third-order valence-electron chi connectivity index (χ3n) is 2.55. The van der Waals surface area contributed by atoms with Crippen molar-refractivity contribution in [2.45, 2.75) is 9.92 Å². The fraction of sp³-hybridized carbons (Fsp3) is 0.0667. The molecule has 5 heteroatoms. The van der Waals surface area contributed by atoms with Gasteiger partial charge in [-0.15, -0.1) is 0 Å². The lowest BCUT2D eigenvalue weighted by molar-refractivity contribution is -0.134. The van der Waals surface area contributed by atoms with Crippen molar-refractivity contribution < 1.29 is 13.7 Å². The minimum absolute atomic E-state index is 0.455. The molecule has 102 valence electrons. The molecule has 1 heterocycles. The normalized spacial score (nSPS) is 12.2. The number of rotatable bonds is 4. The van der Waals surface area contributed by atoms with E-state index in [9.17, 15) is 9.00 Å². The summed E-state index contributed by atoms with van der Waals surface area (Å²) in [6.45, 7) is 0. The van der Waals surface area contributed by atoms with Crippen LogP contribution in [0.25, 0.3) is 6.08 Å². The first kappa shape index (κ1) is 14.1. The summed E-state index contributed by atoms with van der Waals surface area (Å²) in [4.78, 5) is 15.8. The molecule has 0 bridgehead atoms. The Bertz CT molecular complexity index is 653. The number of hydrogen-bond acceptors (Lipinski definition) is 4. The summed E-state index contributed by atoms with van der Waals surface area (Å²) in [7, 11) is -0.0793. The van der Waals surface area contributed by atoms with Gasteiger partial charge in [-0.25, -0.2) is 14.0 Å². The lowest BCUT2D eigenvalue weighted by Crippen LogP contribution is -1.98. The average Bonchev–Trinajstić information content (AvgIpc) is 2.53.